The summed E-state index contributed by atoms with van der Waals surface area (Å²) >= 11 is 5.78. The van der Waals surface area contributed by atoms with Crippen molar-refractivity contribution in [2.24, 2.45) is 0 Å². The van der Waals surface area contributed by atoms with Crippen molar-refractivity contribution in [1.29, 1.82) is 0 Å². The van der Waals surface area contributed by atoms with E-state index < -0.39 is 5.57 Å². The molecule has 0 spiro atoms. The number of aromatic nitrogens is 5. The van der Waals surface area contributed by atoms with Gasteiger partial charge in [0.1, 0.15) is 12.1 Å². The number of fused-ring (bicyclic) bond motifs is 1. The first-order valence-corrected chi connectivity index (χ1v) is 8.00. The van der Waals surface area contributed by atoms with Crippen LogP contribution in [0.5, 0.6) is 5.75 Å². The maximum atomic E-state index is 12.5. The van der Waals surface area contributed by atoms with E-state index in [1.807, 2.05) is 0 Å². The Labute approximate surface area is 148 Å². The molecule has 0 aliphatic carbocycles. The Kier molecular flexibility index (Phi) is 4.63. The molecule has 9 nitrogen and oxygen atoms in total. The number of hydrogen-bond donors (Lipinski definition) is 2. The zero-order valence-electron chi connectivity index (χ0n) is 12.3. The molecule has 0 saturated heterocycles. The van der Waals surface area contributed by atoms with E-state index in [2.05, 4.69) is 37.0 Å². The first-order valence-electron chi connectivity index (χ1n) is 6.64. The Morgan fingerprint density at radius 1 is 1.36 bits per heavy atom. The molecule has 1 aromatic carbocycles. The van der Waals surface area contributed by atoms with Gasteiger partial charge >= 0.3 is 5.57 Å². The molecule has 3 rings (SSSR count). The molecular formula is C12H10ClF2N7O2S. The molecule has 132 valence electrons. The highest BCUT2D eigenvalue weighted by Gasteiger charge is 2.27. The number of halogens is 3. The summed E-state index contributed by atoms with van der Waals surface area (Å²) in [5, 5.41) is 14.7. The molecule has 2 aromatic heterocycles. The van der Waals surface area contributed by atoms with Gasteiger partial charge in [-0.15, -0.1) is 19.0 Å². The number of nitrogens with zero attached hydrogens (tertiary/aromatic N) is 5. The van der Waals surface area contributed by atoms with Crippen molar-refractivity contribution in [3.05, 3.63) is 30.6 Å². The average molecular weight is 390 g/mol. The van der Waals surface area contributed by atoms with Crippen molar-refractivity contribution in [2.45, 2.75) is 10.7 Å². The Bertz CT molecular complexity index is 893. The van der Waals surface area contributed by atoms with Crippen molar-refractivity contribution in [2.75, 3.05) is 16.9 Å². The number of nitrogen functional groups attached to an aromatic ring is 1. The second-order valence-electron chi connectivity index (χ2n) is 4.64. The van der Waals surface area contributed by atoms with Gasteiger partial charge in [-0.1, -0.05) is 11.8 Å². The molecule has 0 saturated carbocycles. The molecule has 0 atom stereocenters. The van der Waals surface area contributed by atoms with E-state index in [0.29, 0.717) is 16.6 Å². The third-order valence-electron chi connectivity index (χ3n) is 2.82. The molecule has 0 radical (unpaired) electrons. The summed E-state index contributed by atoms with van der Waals surface area (Å²) < 4.78 is 31.8. The van der Waals surface area contributed by atoms with Crippen LogP contribution in [0.15, 0.2) is 35.7 Å². The SMILES string of the molecule is Nn1cnn2c(SCC(=O)Nc3ccc(OC(F)(F)Cl)cc3)nnc12. The van der Waals surface area contributed by atoms with E-state index in [-0.39, 0.29) is 17.4 Å². The highest BCUT2D eigenvalue weighted by molar-refractivity contribution is 7.99. The number of hydrogen-bond acceptors (Lipinski definition) is 7. The van der Waals surface area contributed by atoms with E-state index in [4.69, 9.17) is 5.84 Å². The van der Waals surface area contributed by atoms with Gasteiger partial charge in [0.2, 0.25) is 11.1 Å². The molecular weight excluding hydrogens is 380 g/mol. The van der Waals surface area contributed by atoms with Gasteiger partial charge < -0.3 is 15.9 Å². The van der Waals surface area contributed by atoms with Crippen molar-refractivity contribution in [1.82, 2.24) is 24.5 Å². The lowest BCUT2D eigenvalue weighted by Crippen LogP contribution is -2.16. The lowest BCUT2D eigenvalue weighted by atomic mass is 10.3. The Morgan fingerprint density at radius 3 is 2.76 bits per heavy atom. The average Bonchev–Trinajstić information content (AvgIpc) is 3.09. The number of ether oxygens (including phenoxy) is 1. The van der Waals surface area contributed by atoms with Crippen LogP contribution in [0.25, 0.3) is 5.78 Å². The standard InChI is InChI=1S/C12H10ClF2N7O2S/c13-12(14,15)24-8-3-1-7(2-4-8)18-9(23)5-25-11-20-19-10-21(16)6-17-22(10)11/h1-4,6H,5,16H2,(H,18,23). The van der Waals surface area contributed by atoms with Gasteiger partial charge in [0.15, 0.2) is 0 Å². The lowest BCUT2D eigenvalue weighted by molar-refractivity contribution is -0.113. The Morgan fingerprint density at radius 2 is 2.08 bits per heavy atom. The largest absolute Gasteiger partial charge is 0.487 e. The van der Waals surface area contributed by atoms with Crippen LogP contribution in [-0.2, 0) is 4.79 Å². The molecule has 3 aromatic rings. The fraction of sp³-hybridized carbons (Fsp3) is 0.167. The number of amides is 1. The quantitative estimate of drug-likeness (QED) is 0.373. The van der Waals surface area contributed by atoms with Crippen molar-refractivity contribution < 1.29 is 18.3 Å². The number of nitrogens with one attached hydrogen (secondary N) is 1. The topological polar surface area (TPSA) is 112 Å². The Hall–Kier alpha value is -2.60. The minimum atomic E-state index is -3.79. The number of carbonyl (C=O) groups excluding carboxylic acids is 1. The van der Waals surface area contributed by atoms with Gasteiger partial charge in [-0.2, -0.15) is 9.61 Å². The van der Waals surface area contributed by atoms with Gasteiger partial charge in [0.25, 0.3) is 5.78 Å². The molecule has 25 heavy (non-hydrogen) atoms. The summed E-state index contributed by atoms with van der Waals surface area (Å²) in [5.41, 5.74) is -3.38. The van der Waals surface area contributed by atoms with Crippen LogP contribution in [0.1, 0.15) is 0 Å². The molecule has 0 fully saturated rings. The number of anilines is 1. The summed E-state index contributed by atoms with van der Waals surface area (Å²) in [6.07, 6.45) is 1.36. The maximum absolute atomic E-state index is 12.5. The predicted molar refractivity (Wildman–Crippen MR) is 86.1 cm³/mol. The van der Waals surface area contributed by atoms with E-state index in [9.17, 15) is 13.6 Å². The minimum absolute atomic E-state index is 0.0379. The van der Waals surface area contributed by atoms with E-state index in [1.165, 1.54) is 39.8 Å². The van der Waals surface area contributed by atoms with Crippen LogP contribution < -0.4 is 15.9 Å². The summed E-state index contributed by atoms with van der Waals surface area (Å²) in [5.74, 6) is 5.50. The third-order valence-corrected chi connectivity index (χ3v) is 3.82. The van der Waals surface area contributed by atoms with Crippen molar-refractivity contribution in [3.8, 4) is 5.75 Å². The van der Waals surface area contributed by atoms with Gasteiger partial charge in [-0.05, 0) is 24.3 Å². The lowest BCUT2D eigenvalue weighted by Gasteiger charge is -2.11. The van der Waals surface area contributed by atoms with Crippen LogP contribution in [0.2, 0.25) is 0 Å². The number of carbonyl (C=O) groups is 1. The fourth-order valence-electron chi connectivity index (χ4n) is 1.84. The summed E-state index contributed by atoms with van der Waals surface area (Å²) in [7, 11) is 0. The van der Waals surface area contributed by atoms with Gasteiger partial charge in [0, 0.05) is 17.3 Å². The first-order chi connectivity index (χ1) is 11.8. The van der Waals surface area contributed by atoms with Crippen LogP contribution in [0.4, 0.5) is 14.5 Å². The molecule has 1 amide bonds. The number of nitrogens with two attached hydrogens (primary N) is 1. The fourth-order valence-corrected chi connectivity index (χ4v) is 2.61. The van der Waals surface area contributed by atoms with Gasteiger partial charge in [0.05, 0.1) is 5.75 Å². The summed E-state index contributed by atoms with van der Waals surface area (Å²) in [6, 6.07) is 5.34. The zero-order chi connectivity index (χ0) is 18.0. The minimum Gasteiger partial charge on any atom is -0.420 e. The van der Waals surface area contributed by atoms with Crippen LogP contribution >= 0.6 is 23.4 Å². The van der Waals surface area contributed by atoms with Gasteiger partial charge in [-0.25, -0.2) is 4.68 Å². The van der Waals surface area contributed by atoms with Gasteiger partial charge in [-0.3, -0.25) is 4.79 Å². The molecule has 0 aliphatic rings. The maximum Gasteiger partial charge on any atom is 0.487 e. The number of thioether (sulfide) groups is 1. The molecule has 0 bridgehead atoms. The molecule has 13 heteroatoms. The van der Waals surface area contributed by atoms with Crippen molar-refractivity contribution >= 4 is 40.7 Å². The molecule has 0 unspecified atom stereocenters. The predicted octanol–water partition coefficient (Wildman–Crippen LogP) is 1.54. The summed E-state index contributed by atoms with van der Waals surface area (Å²) in [4.78, 5) is 12.0. The van der Waals surface area contributed by atoms with Crippen LogP contribution in [-0.4, -0.2) is 41.7 Å². The highest BCUT2D eigenvalue weighted by atomic mass is 35.5. The first kappa shape index (κ1) is 17.2. The molecule has 3 N–H and O–H groups in total. The summed E-state index contributed by atoms with van der Waals surface area (Å²) in [6.45, 7) is 0. The molecule has 0 aliphatic heterocycles. The third kappa shape index (κ3) is 4.28. The second kappa shape index (κ2) is 6.72. The van der Waals surface area contributed by atoms with Crippen LogP contribution in [0, 0.1) is 0 Å². The van der Waals surface area contributed by atoms with Crippen LogP contribution in [0.3, 0.4) is 0 Å². The monoisotopic (exact) mass is 389 g/mol. The van der Waals surface area contributed by atoms with E-state index >= 15 is 0 Å². The second-order valence-corrected chi connectivity index (χ2v) is 6.02. The molecule has 2 heterocycles. The number of benzene rings is 1. The van der Waals surface area contributed by atoms with E-state index in [1.54, 1.807) is 0 Å². The number of alkyl halides is 3. The normalized spacial score (nSPS) is 11.6. The van der Waals surface area contributed by atoms with E-state index in [0.717, 1.165) is 11.8 Å². The zero-order valence-corrected chi connectivity index (χ0v) is 13.8. The highest BCUT2D eigenvalue weighted by Crippen LogP contribution is 2.26. The number of rotatable bonds is 6. The Balaban J connectivity index is 1.55. The van der Waals surface area contributed by atoms with Crippen molar-refractivity contribution in [3.63, 3.8) is 0 Å². The smallest absolute Gasteiger partial charge is 0.420 e.